The molecule has 120 valence electrons. The van der Waals surface area contributed by atoms with E-state index in [-0.39, 0.29) is 12.6 Å². The molecule has 2 amide bonds. The van der Waals surface area contributed by atoms with E-state index in [4.69, 9.17) is 4.42 Å². The van der Waals surface area contributed by atoms with E-state index in [0.29, 0.717) is 12.3 Å². The summed E-state index contributed by atoms with van der Waals surface area (Å²) >= 11 is 1.56. The van der Waals surface area contributed by atoms with Crippen molar-refractivity contribution in [2.24, 2.45) is 0 Å². The van der Waals surface area contributed by atoms with Crippen LogP contribution in [-0.4, -0.2) is 22.7 Å². The topological polar surface area (TPSA) is 87.4 Å². The lowest BCUT2D eigenvalue weighted by Gasteiger charge is -2.21. The zero-order chi connectivity index (χ0) is 16.3. The summed E-state index contributed by atoms with van der Waals surface area (Å²) in [5.74, 6) is 1.15. The summed E-state index contributed by atoms with van der Waals surface area (Å²) in [4.78, 5) is 17.2. The van der Waals surface area contributed by atoms with E-state index < -0.39 is 5.60 Å². The third kappa shape index (κ3) is 4.08. The molecule has 0 spiro atoms. The zero-order valence-electron chi connectivity index (χ0n) is 13.2. The van der Waals surface area contributed by atoms with Crippen molar-refractivity contribution in [2.75, 3.05) is 6.54 Å². The smallest absolute Gasteiger partial charge is 0.315 e. The van der Waals surface area contributed by atoms with E-state index in [9.17, 15) is 9.90 Å². The first-order valence-electron chi connectivity index (χ1n) is 7.02. The quantitative estimate of drug-likeness (QED) is 0.788. The molecule has 0 fully saturated rings. The number of amides is 2. The predicted octanol–water partition coefficient (Wildman–Crippen LogP) is 2.37. The number of carbonyl (C=O) groups excluding carboxylic acids is 1. The van der Waals surface area contributed by atoms with Crippen LogP contribution < -0.4 is 10.6 Å². The average molecular weight is 323 g/mol. The Morgan fingerprint density at radius 2 is 2.09 bits per heavy atom. The molecule has 2 aromatic heterocycles. The fraction of sp³-hybridized carbons (Fsp3) is 0.467. The first-order chi connectivity index (χ1) is 10.3. The van der Waals surface area contributed by atoms with Gasteiger partial charge in [0, 0.05) is 4.88 Å². The van der Waals surface area contributed by atoms with Crippen LogP contribution in [0, 0.1) is 20.8 Å². The molecule has 0 radical (unpaired) electrons. The van der Waals surface area contributed by atoms with Gasteiger partial charge in [-0.05, 0) is 39.8 Å². The number of hydrogen-bond donors (Lipinski definition) is 3. The van der Waals surface area contributed by atoms with Gasteiger partial charge in [0.15, 0.2) is 0 Å². The van der Waals surface area contributed by atoms with Gasteiger partial charge in [0.05, 0.1) is 23.8 Å². The highest BCUT2D eigenvalue weighted by Crippen LogP contribution is 2.22. The van der Waals surface area contributed by atoms with Crippen LogP contribution in [0.1, 0.15) is 34.0 Å². The number of thiazole rings is 1. The van der Waals surface area contributed by atoms with Gasteiger partial charge in [0.25, 0.3) is 0 Å². The summed E-state index contributed by atoms with van der Waals surface area (Å²) in [6.07, 6.45) is 0. The van der Waals surface area contributed by atoms with Crippen molar-refractivity contribution >= 4 is 17.4 Å². The molecule has 2 rings (SSSR count). The van der Waals surface area contributed by atoms with Gasteiger partial charge in [0.1, 0.15) is 17.1 Å². The van der Waals surface area contributed by atoms with Crippen molar-refractivity contribution < 1.29 is 14.3 Å². The molecule has 1 atom stereocenters. The average Bonchev–Trinajstić information content (AvgIpc) is 3.00. The normalized spacial score (nSPS) is 13.7. The van der Waals surface area contributed by atoms with Gasteiger partial charge in [-0.2, -0.15) is 0 Å². The summed E-state index contributed by atoms with van der Waals surface area (Å²) in [6.45, 7) is 7.74. The number of urea groups is 1. The molecular weight excluding hydrogens is 302 g/mol. The Hall–Kier alpha value is -1.86. The van der Waals surface area contributed by atoms with E-state index in [1.54, 1.807) is 37.3 Å². The van der Waals surface area contributed by atoms with Crippen molar-refractivity contribution in [2.45, 2.75) is 39.8 Å². The molecule has 0 bridgehead atoms. The molecule has 7 heteroatoms. The predicted molar refractivity (Wildman–Crippen MR) is 84.8 cm³/mol. The Kier molecular flexibility index (Phi) is 4.87. The van der Waals surface area contributed by atoms with Crippen molar-refractivity contribution in [3.05, 3.63) is 39.2 Å². The van der Waals surface area contributed by atoms with Crippen LogP contribution in [0.5, 0.6) is 0 Å². The van der Waals surface area contributed by atoms with Crippen LogP contribution in [0.4, 0.5) is 4.79 Å². The summed E-state index contributed by atoms with van der Waals surface area (Å²) in [7, 11) is 0. The number of aryl methyl sites for hydroxylation is 3. The van der Waals surface area contributed by atoms with Crippen molar-refractivity contribution in [1.29, 1.82) is 0 Å². The Labute approximate surface area is 133 Å². The summed E-state index contributed by atoms with van der Waals surface area (Å²) in [6, 6.07) is 3.14. The minimum atomic E-state index is -1.25. The second-order valence-electron chi connectivity index (χ2n) is 5.46. The van der Waals surface area contributed by atoms with Gasteiger partial charge in [-0.25, -0.2) is 9.78 Å². The van der Waals surface area contributed by atoms with Crippen LogP contribution >= 0.6 is 11.3 Å². The van der Waals surface area contributed by atoms with Crippen molar-refractivity contribution in [3.8, 4) is 0 Å². The van der Waals surface area contributed by atoms with Gasteiger partial charge in [0.2, 0.25) is 0 Å². The number of hydrogen-bond acceptors (Lipinski definition) is 5. The van der Waals surface area contributed by atoms with Crippen molar-refractivity contribution in [1.82, 2.24) is 15.6 Å². The van der Waals surface area contributed by atoms with Crippen LogP contribution in [0.15, 0.2) is 16.5 Å². The van der Waals surface area contributed by atoms with Crippen LogP contribution in [0.25, 0.3) is 0 Å². The second kappa shape index (κ2) is 6.50. The summed E-state index contributed by atoms with van der Waals surface area (Å²) < 4.78 is 5.40. The minimum Gasteiger partial charge on any atom is -0.463 e. The highest BCUT2D eigenvalue weighted by atomic mass is 32.1. The fourth-order valence-electron chi connectivity index (χ4n) is 2.02. The Morgan fingerprint density at radius 1 is 1.36 bits per heavy atom. The van der Waals surface area contributed by atoms with E-state index in [0.717, 1.165) is 21.3 Å². The lowest BCUT2D eigenvalue weighted by atomic mass is 10.0. The number of aliphatic hydroxyl groups is 1. The number of nitrogens with one attached hydrogen (secondary N) is 2. The molecule has 6 nitrogen and oxygen atoms in total. The van der Waals surface area contributed by atoms with Crippen LogP contribution in [-0.2, 0) is 12.1 Å². The highest BCUT2D eigenvalue weighted by molar-refractivity contribution is 7.11. The standard InChI is InChI=1S/C15H21N3O3S/c1-9-5-6-13(21-9)15(4,20)8-17-14(19)16-7-12-10(2)18-11(3)22-12/h5-6,20H,7-8H2,1-4H3,(H2,16,17,19). The second-order valence-corrected chi connectivity index (χ2v) is 6.75. The number of carbonyl (C=O) groups is 1. The maximum Gasteiger partial charge on any atom is 0.315 e. The number of nitrogens with zero attached hydrogens (tertiary/aromatic N) is 1. The zero-order valence-corrected chi connectivity index (χ0v) is 14.0. The lowest BCUT2D eigenvalue weighted by molar-refractivity contribution is 0.0360. The van der Waals surface area contributed by atoms with Crippen LogP contribution in [0.3, 0.4) is 0 Å². The van der Waals surface area contributed by atoms with Crippen LogP contribution in [0.2, 0.25) is 0 Å². The molecule has 1 unspecified atom stereocenters. The molecule has 0 aromatic carbocycles. The number of rotatable bonds is 5. The highest BCUT2D eigenvalue weighted by Gasteiger charge is 2.27. The molecule has 0 saturated heterocycles. The van der Waals surface area contributed by atoms with Gasteiger partial charge in [-0.1, -0.05) is 0 Å². The maximum atomic E-state index is 11.8. The molecular formula is C15H21N3O3S. The third-order valence-electron chi connectivity index (χ3n) is 3.27. The molecule has 0 saturated carbocycles. The maximum absolute atomic E-state index is 11.8. The monoisotopic (exact) mass is 323 g/mol. The number of aromatic nitrogens is 1. The largest absolute Gasteiger partial charge is 0.463 e. The van der Waals surface area contributed by atoms with Gasteiger partial charge in [-0.15, -0.1) is 11.3 Å². The molecule has 0 aliphatic carbocycles. The van der Waals surface area contributed by atoms with E-state index in [1.165, 1.54) is 0 Å². The van der Waals surface area contributed by atoms with E-state index >= 15 is 0 Å². The third-order valence-corrected chi connectivity index (χ3v) is 4.35. The first kappa shape index (κ1) is 16.5. The molecule has 22 heavy (non-hydrogen) atoms. The lowest BCUT2D eigenvalue weighted by Crippen LogP contribution is -2.43. The Morgan fingerprint density at radius 3 is 2.64 bits per heavy atom. The van der Waals surface area contributed by atoms with E-state index in [1.807, 2.05) is 13.8 Å². The van der Waals surface area contributed by atoms with Gasteiger partial charge >= 0.3 is 6.03 Å². The number of furan rings is 1. The molecule has 0 aliphatic rings. The minimum absolute atomic E-state index is 0.0620. The Bertz CT molecular complexity index is 661. The SMILES string of the molecule is Cc1ccc(C(C)(O)CNC(=O)NCc2sc(C)nc2C)o1. The molecule has 2 heterocycles. The van der Waals surface area contributed by atoms with Crippen molar-refractivity contribution in [3.63, 3.8) is 0 Å². The van der Waals surface area contributed by atoms with Gasteiger partial charge in [-0.3, -0.25) is 0 Å². The molecule has 0 aliphatic heterocycles. The van der Waals surface area contributed by atoms with E-state index in [2.05, 4.69) is 15.6 Å². The summed E-state index contributed by atoms with van der Waals surface area (Å²) in [5, 5.41) is 16.7. The van der Waals surface area contributed by atoms with Gasteiger partial charge < -0.3 is 20.2 Å². The Balaban J connectivity index is 1.83. The molecule has 3 N–H and O–H groups in total. The first-order valence-corrected chi connectivity index (χ1v) is 7.83. The molecule has 2 aromatic rings. The fourth-order valence-corrected chi connectivity index (χ4v) is 2.90. The summed E-state index contributed by atoms with van der Waals surface area (Å²) in [5.41, 5.74) is -0.316.